The number of alkyl halides is 3. The Bertz CT molecular complexity index is 1710. The van der Waals surface area contributed by atoms with Crippen LogP contribution in [0, 0.1) is 25.7 Å². The molecule has 6 nitrogen and oxygen atoms in total. The number of carbonyl (C=O) groups is 1. The maximum absolute atomic E-state index is 13.2. The molecule has 2 N–H and O–H groups in total. The lowest BCUT2D eigenvalue weighted by atomic mass is 9.93. The number of halogens is 3. The molecular formula is C28H26F3N3O3S. The Morgan fingerprint density at radius 3 is 2.61 bits per heavy atom. The fourth-order valence-electron chi connectivity index (χ4n) is 4.27. The lowest BCUT2D eigenvalue weighted by Gasteiger charge is -2.13. The molecule has 1 amide bonds. The molecule has 198 valence electrons. The van der Waals surface area contributed by atoms with E-state index in [2.05, 4.69) is 27.1 Å². The van der Waals surface area contributed by atoms with E-state index in [1.54, 1.807) is 50.4 Å². The van der Waals surface area contributed by atoms with Gasteiger partial charge >= 0.3 is 6.18 Å². The minimum atomic E-state index is -4.35. The number of rotatable bonds is 6. The predicted molar refractivity (Wildman–Crippen MR) is 142 cm³/mol. The molecule has 2 heterocycles. The zero-order valence-electron chi connectivity index (χ0n) is 21.1. The first-order valence-corrected chi connectivity index (χ1v) is 13.6. The van der Waals surface area contributed by atoms with Gasteiger partial charge in [-0.3, -0.25) is 4.79 Å². The van der Waals surface area contributed by atoms with E-state index in [0.29, 0.717) is 33.4 Å². The molecule has 2 aromatic carbocycles. The molecule has 0 unspecified atom stereocenters. The molecule has 0 atom stereocenters. The summed E-state index contributed by atoms with van der Waals surface area (Å²) in [7, 11) is -3.46. The summed E-state index contributed by atoms with van der Waals surface area (Å²) in [5.74, 6) is 4.02. The summed E-state index contributed by atoms with van der Waals surface area (Å²) in [5, 5.41) is 4.38. The third-order valence-electron chi connectivity index (χ3n) is 6.20. The number of aromatic nitrogens is 2. The summed E-state index contributed by atoms with van der Waals surface area (Å²) in [6, 6.07) is 10.3. The van der Waals surface area contributed by atoms with Crippen LogP contribution >= 0.6 is 0 Å². The van der Waals surface area contributed by atoms with E-state index in [1.165, 1.54) is 0 Å². The number of hydrogen-bond acceptors (Lipinski definition) is 4. The van der Waals surface area contributed by atoms with Crippen molar-refractivity contribution in [2.75, 3.05) is 12.3 Å². The fourth-order valence-corrected chi connectivity index (χ4v) is 5.19. The molecule has 0 radical (unpaired) electrons. The highest BCUT2D eigenvalue weighted by Crippen LogP contribution is 2.38. The van der Waals surface area contributed by atoms with Crippen LogP contribution in [0.3, 0.4) is 0 Å². The van der Waals surface area contributed by atoms with Crippen LogP contribution in [-0.4, -0.2) is 42.8 Å². The summed E-state index contributed by atoms with van der Waals surface area (Å²) in [4.78, 5) is 21.1. The molecule has 0 saturated carbocycles. The number of aromatic amines is 1. The van der Waals surface area contributed by atoms with Gasteiger partial charge in [-0.2, -0.15) is 13.2 Å². The van der Waals surface area contributed by atoms with Gasteiger partial charge in [0.25, 0.3) is 5.91 Å². The molecule has 0 saturated heterocycles. The first-order valence-electron chi connectivity index (χ1n) is 12.0. The van der Waals surface area contributed by atoms with E-state index in [0.717, 1.165) is 16.3 Å². The van der Waals surface area contributed by atoms with Crippen molar-refractivity contribution < 1.29 is 26.4 Å². The normalized spacial score (nSPS) is 11.9. The number of H-pyrrole nitrogens is 1. The van der Waals surface area contributed by atoms with E-state index >= 15 is 0 Å². The number of carbonyl (C=O) groups excluding carboxylic acids is 1. The Balaban J connectivity index is 1.80. The third-order valence-corrected chi connectivity index (χ3v) is 7.93. The van der Waals surface area contributed by atoms with E-state index in [-0.39, 0.29) is 23.6 Å². The Morgan fingerprint density at radius 2 is 1.89 bits per heavy atom. The van der Waals surface area contributed by atoms with Gasteiger partial charge < -0.3 is 10.3 Å². The highest BCUT2D eigenvalue weighted by atomic mass is 32.2. The topological polar surface area (TPSA) is 91.9 Å². The zero-order valence-corrected chi connectivity index (χ0v) is 21.9. The zero-order chi connectivity index (χ0) is 27.7. The second-order valence-corrected chi connectivity index (χ2v) is 11.2. The van der Waals surface area contributed by atoms with Crippen LogP contribution in [0.25, 0.3) is 33.1 Å². The number of amides is 1. The van der Waals surface area contributed by atoms with Gasteiger partial charge in [-0.25, -0.2) is 13.4 Å². The second-order valence-electron chi connectivity index (χ2n) is 8.96. The van der Waals surface area contributed by atoms with Crippen molar-refractivity contribution >= 4 is 37.7 Å². The minimum Gasteiger partial charge on any atom is -0.351 e. The van der Waals surface area contributed by atoms with E-state index < -0.39 is 28.3 Å². The maximum Gasteiger partial charge on any atom is 0.399 e. The molecule has 0 aliphatic heterocycles. The van der Waals surface area contributed by atoms with Crippen LogP contribution in [0.1, 0.15) is 41.3 Å². The Labute approximate surface area is 218 Å². The SMILES string of the molecule is CCS(=O)(=O)c1cccc(-c2cc(C(=O)NCCC#CCC(F)(F)F)c(C)c3[nH]c4ncc(C)cc4c23)c1. The van der Waals surface area contributed by atoms with Gasteiger partial charge in [0.05, 0.1) is 16.2 Å². The average Bonchev–Trinajstić information content (AvgIpc) is 3.25. The molecule has 0 spiro atoms. The van der Waals surface area contributed by atoms with Crippen molar-refractivity contribution in [2.24, 2.45) is 0 Å². The average molecular weight is 542 g/mol. The highest BCUT2D eigenvalue weighted by molar-refractivity contribution is 7.91. The van der Waals surface area contributed by atoms with Crippen molar-refractivity contribution in [1.29, 1.82) is 0 Å². The number of aryl methyl sites for hydroxylation is 2. The summed E-state index contributed by atoms with van der Waals surface area (Å²) >= 11 is 0. The second kappa shape index (κ2) is 10.5. The molecule has 10 heteroatoms. The number of fused-ring (bicyclic) bond motifs is 3. The number of pyridine rings is 1. The van der Waals surface area contributed by atoms with E-state index in [9.17, 15) is 26.4 Å². The van der Waals surface area contributed by atoms with Gasteiger partial charge in [0, 0.05) is 35.5 Å². The van der Waals surface area contributed by atoms with Crippen molar-refractivity contribution in [3.05, 3.63) is 59.3 Å². The number of sulfone groups is 1. The number of nitrogens with one attached hydrogen (secondary N) is 2. The minimum absolute atomic E-state index is 0.0461. The predicted octanol–water partition coefficient (Wildman–Crippen LogP) is 5.87. The molecule has 38 heavy (non-hydrogen) atoms. The van der Waals surface area contributed by atoms with Gasteiger partial charge in [0.15, 0.2) is 9.84 Å². The summed E-state index contributed by atoms with van der Waals surface area (Å²) in [5.41, 5.74) is 4.56. The van der Waals surface area contributed by atoms with E-state index in [4.69, 9.17) is 0 Å². The maximum atomic E-state index is 13.2. The molecule has 4 aromatic rings. The molecule has 0 aliphatic carbocycles. The first kappa shape index (κ1) is 27.2. The van der Waals surface area contributed by atoms with Gasteiger partial charge in [-0.1, -0.05) is 25.0 Å². The van der Waals surface area contributed by atoms with Crippen LogP contribution < -0.4 is 5.32 Å². The number of nitrogens with zero attached hydrogens (tertiary/aromatic N) is 1. The molecule has 2 aromatic heterocycles. The van der Waals surface area contributed by atoms with Crippen LogP contribution in [0.15, 0.2) is 47.5 Å². The van der Waals surface area contributed by atoms with Crippen molar-refractivity contribution in [2.45, 2.75) is 44.7 Å². The van der Waals surface area contributed by atoms with Crippen LogP contribution in [0.5, 0.6) is 0 Å². The summed E-state index contributed by atoms with van der Waals surface area (Å²) in [6.07, 6.45) is -3.74. The Morgan fingerprint density at radius 1 is 1.13 bits per heavy atom. The Hall–Kier alpha value is -3.84. The lowest BCUT2D eigenvalue weighted by molar-refractivity contribution is -0.123. The van der Waals surface area contributed by atoms with Gasteiger partial charge in [-0.05, 0) is 60.4 Å². The summed E-state index contributed by atoms with van der Waals surface area (Å²) < 4.78 is 61.9. The Kier molecular flexibility index (Phi) is 7.51. The quantitative estimate of drug-likeness (QED) is 0.236. The fraction of sp³-hybridized carbons (Fsp3) is 0.286. The largest absolute Gasteiger partial charge is 0.399 e. The van der Waals surface area contributed by atoms with E-state index in [1.807, 2.05) is 13.0 Å². The molecule has 0 aliphatic rings. The smallest absolute Gasteiger partial charge is 0.351 e. The monoisotopic (exact) mass is 541 g/mol. The van der Waals surface area contributed by atoms with Crippen LogP contribution in [0.2, 0.25) is 0 Å². The van der Waals surface area contributed by atoms with Crippen molar-refractivity contribution in [3.63, 3.8) is 0 Å². The molecular weight excluding hydrogens is 515 g/mol. The van der Waals surface area contributed by atoms with Gasteiger partial charge in [0.2, 0.25) is 0 Å². The standard InChI is InChI=1S/C28H26F3N3O3S/c1-4-38(36,37)20-10-8-9-19(14-20)22-15-21(27(35)32-12-7-5-6-11-28(29,30)31)18(3)25-24(22)23-13-17(2)16-33-26(23)34-25/h8-10,13-16H,4,7,11-12H2,1-3H3,(H,32,35)(H,33,34). The van der Waals surface area contributed by atoms with Crippen LogP contribution in [0.4, 0.5) is 13.2 Å². The molecule has 0 fully saturated rings. The van der Waals surface area contributed by atoms with Crippen molar-refractivity contribution in [1.82, 2.24) is 15.3 Å². The number of benzene rings is 2. The lowest BCUT2D eigenvalue weighted by Crippen LogP contribution is -2.25. The van der Waals surface area contributed by atoms with Crippen molar-refractivity contribution in [3.8, 4) is 23.0 Å². The first-order chi connectivity index (χ1) is 17.9. The van der Waals surface area contributed by atoms with Gasteiger partial charge in [-0.15, -0.1) is 5.92 Å². The summed E-state index contributed by atoms with van der Waals surface area (Å²) in [6.45, 7) is 5.38. The van der Waals surface area contributed by atoms with Crippen LogP contribution in [-0.2, 0) is 9.84 Å². The highest BCUT2D eigenvalue weighted by Gasteiger charge is 2.25. The number of hydrogen-bond donors (Lipinski definition) is 2. The third kappa shape index (κ3) is 5.68. The molecule has 0 bridgehead atoms. The molecule has 4 rings (SSSR count). The van der Waals surface area contributed by atoms with Gasteiger partial charge in [0.1, 0.15) is 12.1 Å².